The summed E-state index contributed by atoms with van der Waals surface area (Å²) in [5, 5.41) is 31.6. The van der Waals surface area contributed by atoms with Gasteiger partial charge in [0.25, 0.3) is 0 Å². The van der Waals surface area contributed by atoms with Gasteiger partial charge in [0.05, 0.1) is 6.61 Å². The van der Waals surface area contributed by atoms with Gasteiger partial charge in [-0.1, -0.05) is 0 Å². The van der Waals surface area contributed by atoms with Crippen molar-refractivity contribution in [2.45, 2.75) is 63.9 Å². The molecule has 0 aromatic carbocycles. The van der Waals surface area contributed by atoms with Crippen molar-refractivity contribution < 1.29 is 39.1 Å². The van der Waals surface area contributed by atoms with E-state index in [9.17, 15) is 19.8 Å². The van der Waals surface area contributed by atoms with E-state index in [2.05, 4.69) is 5.32 Å². The Morgan fingerprint density at radius 2 is 1.87 bits per heavy atom. The van der Waals surface area contributed by atoms with Crippen molar-refractivity contribution in [3.05, 3.63) is 0 Å². The van der Waals surface area contributed by atoms with Crippen LogP contribution in [0, 0.1) is 0 Å². The molecular formula is C14H25NO8. The summed E-state index contributed by atoms with van der Waals surface area (Å²) in [6.45, 7) is 5.26. The van der Waals surface area contributed by atoms with E-state index in [1.807, 2.05) is 0 Å². The number of amides is 1. The van der Waals surface area contributed by atoms with Crippen LogP contribution < -0.4 is 5.32 Å². The Balaban J connectivity index is 2.77. The topological polar surface area (TPSA) is 135 Å². The molecule has 0 aromatic heterocycles. The van der Waals surface area contributed by atoms with Crippen LogP contribution in [0.25, 0.3) is 0 Å². The summed E-state index contributed by atoms with van der Waals surface area (Å²) >= 11 is 0. The van der Waals surface area contributed by atoms with Crippen LogP contribution in [0.4, 0.5) is 0 Å². The number of carbonyl (C=O) groups is 2. The van der Waals surface area contributed by atoms with Crippen LogP contribution in [0.3, 0.4) is 0 Å². The summed E-state index contributed by atoms with van der Waals surface area (Å²) in [5.74, 6) is -1.13. The molecule has 4 N–H and O–H groups in total. The highest BCUT2D eigenvalue weighted by atomic mass is 16.6. The SMILES string of the molecule is CC(=O)N[C@H]1[C@@H](OCC(=O)OC(C)(C)C)[C@H](O)[C@@H](CO)O[C@H]1O. The Bertz CT molecular complexity index is 421. The molecule has 0 unspecified atom stereocenters. The van der Waals surface area contributed by atoms with Crippen LogP contribution in [0.15, 0.2) is 0 Å². The summed E-state index contributed by atoms with van der Waals surface area (Å²) in [5.41, 5.74) is -0.696. The molecule has 9 heteroatoms. The van der Waals surface area contributed by atoms with Crippen LogP contribution in [0.5, 0.6) is 0 Å². The average molecular weight is 335 g/mol. The van der Waals surface area contributed by atoms with E-state index < -0.39 is 61.3 Å². The number of rotatable bonds is 5. The second kappa shape index (κ2) is 8.02. The monoisotopic (exact) mass is 335 g/mol. The highest BCUT2D eigenvalue weighted by Gasteiger charge is 2.46. The average Bonchev–Trinajstić information content (AvgIpc) is 2.39. The first-order valence-electron chi connectivity index (χ1n) is 7.28. The van der Waals surface area contributed by atoms with E-state index in [1.165, 1.54) is 6.92 Å². The second-order valence-corrected chi connectivity index (χ2v) is 6.33. The molecule has 1 fully saturated rings. The van der Waals surface area contributed by atoms with Gasteiger partial charge in [0.15, 0.2) is 6.29 Å². The van der Waals surface area contributed by atoms with Gasteiger partial charge in [-0.25, -0.2) is 4.79 Å². The van der Waals surface area contributed by atoms with Crippen molar-refractivity contribution in [1.82, 2.24) is 5.32 Å². The normalized spacial score (nSPS) is 31.5. The van der Waals surface area contributed by atoms with Gasteiger partial charge in [0.1, 0.15) is 36.6 Å². The summed E-state index contributed by atoms with van der Waals surface area (Å²) < 4.78 is 15.4. The Labute approximate surface area is 134 Å². The number of aliphatic hydroxyl groups is 3. The standard InChI is InChI=1S/C14H25NO8/c1-7(17)15-10-12(11(19)8(5-16)22-13(10)20)21-6-9(18)23-14(2,3)4/h8,10-13,16,19-20H,5-6H2,1-4H3,(H,15,17)/t8-,10+,11-,12-,13-/m1/s1. The molecule has 9 nitrogen and oxygen atoms in total. The number of carbonyl (C=O) groups excluding carboxylic acids is 2. The third kappa shape index (κ3) is 6.04. The van der Waals surface area contributed by atoms with E-state index in [4.69, 9.17) is 19.3 Å². The summed E-state index contributed by atoms with van der Waals surface area (Å²) in [6.07, 6.45) is -5.09. The summed E-state index contributed by atoms with van der Waals surface area (Å²) in [7, 11) is 0. The Kier molecular flexibility index (Phi) is 6.90. The molecule has 0 bridgehead atoms. The number of aliphatic hydroxyl groups excluding tert-OH is 3. The predicted molar refractivity (Wildman–Crippen MR) is 77.2 cm³/mol. The van der Waals surface area contributed by atoms with E-state index in [1.54, 1.807) is 20.8 Å². The molecule has 0 saturated carbocycles. The van der Waals surface area contributed by atoms with Crippen LogP contribution in [0.2, 0.25) is 0 Å². The molecule has 0 radical (unpaired) electrons. The molecule has 1 amide bonds. The zero-order chi connectivity index (χ0) is 17.8. The van der Waals surface area contributed by atoms with Crippen LogP contribution in [0.1, 0.15) is 27.7 Å². The van der Waals surface area contributed by atoms with E-state index >= 15 is 0 Å². The van der Waals surface area contributed by atoms with Crippen molar-refractivity contribution >= 4 is 11.9 Å². The first-order chi connectivity index (χ1) is 10.5. The maximum atomic E-state index is 11.7. The lowest BCUT2D eigenvalue weighted by Crippen LogP contribution is -2.65. The number of esters is 1. The molecule has 0 spiro atoms. The third-order valence-corrected chi connectivity index (χ3v) is 3.06. The number of hydrogen-bond donors (Lipinski definition) is 4. The summed E-state index contributed by atoms with van der Waals surface area (Å²) in [6, 6.07) is -1.09. The van der Waals surface area contributed by atoms with Gasteiger partial charge >= 0.3 is 5.97 Å². The minimum atomic E-state index is -1.50. The molecule has 1 saturated heterocycles. The van der Waals surface area contributed by atoms with Gasteiger partial charge in [-0.15, -0.1) is 0 Å². The zero-order valence-corrected chi connectivity index (χ0v) is 13.7. The third-order valence-electron chi connectivity index (χ3n) is 3.06. The minimum Gasteiger partial charge on any atom is -0.458 e. The largest absolute Gasteiger partial charge is 0.458 e. The van der Waals surface area contributed by atoms with E-state index in [0.29, 0.717) is 0 Å². The molecule has 5 atom stereocenters. The maximum absolute atomic E-state index is 11.7. The summed E-state index contributed by atoms with van der Waals surface area (Å²) in [4.78, 5) is 22.9. The van der Waals surface area contributed by atoms with Crippen molar-refractivity contribution in [1.29, 1.82) is 0 Å². The molecule has 1 aliphatic heterocycles. The van der Waals surface area contributed by atoms with Crippen LogP contribution in [-0.2, 0) is 23.8 Å². The number of hydrogen-bond acceptors (Lipinski definition) is 8. The van der Waals surface area contributed by atoms with Crippen LogP contribution >= 0.6 is 0 Å². The van der Waals surface area contributed by atoms with E-state index in [-0.39, 0.29) is 0 Å². The highest BCUT2D eigenvalue weighted by molar-refractivity contribution is 5.73. The lowest BCUT2D eigenvalue weighted by molar-refractivity contribution is -0.262. The molecule has 0 aliphatic carbocycles. The Morgan fingerprint density at radius 3 is 2.35 bits per heavy atom. The zero-order valence-electron chi connectivity index (χ0n) is 13.7. The fraction of sp³-hybridized carbons (Fsp3) is 0.857. The molecule has 23 heavy (non-hydrogen) atoms. The molecule has 1 heterocycles. The van der Waals surface area contributed by atoms with Gasteiger partial charge in [-0.05, 0) is 20.8 Å². The van der Waals surface area contributed by atoms with Crippen molar-refractivity contribution in [3.8, 4) is 0 Å². The number of nitrogens with one attached hydrogen (secondary N) is 1. The lowest BCUT2D eigenvalue weighted by atomic mass is 9.96. The molecule has 0 aromatic rings. The van der Waals surface area contributed by atoms with Crippen molar-refractivity contribution in [2.75, 3.05) is 13.2 Å². The van der Waals surface area contributed by atoms with Crippen molar-refractivity contribution in [2.24, 2.45) is 0 Å². The van der Waals surface area contributed by atoms with Crippen molar-refractivity contribution in [3.63, 3.8) is 0 Å². The first-order valence-corrected chi connectivity index (χ1v) is 7.28. The number of ether oxygens (including phenoxy) is 3. The highest BCUT2D eigenvalue weighted by Crippen LogP contribution is 2.22. The second-order valence-electron chi connectivity index (χ2n) is 6.33. The predicted octanol–water partition coefficient (Wildman–Crippen LogP) is -1.71. The molecule has 1 rings (SSSR count). The minimum absolute atomic E-state index is 0.474. The van der Waals surface area contributed by atoms with Gasteiger partial charge in [-0.2, -0.15) is 0 Å². The van der Waals surface area contributed by atoms with Gasteiger partial charge in [0, 0.05) is 6.92 Å². The van der Waals surface area contributed by atoms with Gasteiger partial charge < -0.3 is 34.8 Å². The molecule has 1 aliphatic rings. The fourth-order valence-electron chi connectivity index (χ4n) is 2.21. The van der Waals surface area contributed by atoms with E-state index in [0.717, 1.165) is 0 Å². The Hall–Kier alpha value is -1.26. The van der Waals surface area contributed by atoms with Crippen LogP contribution in [-0.4, -0.2) is 76.7 Å². The smallest absolute Gasteiger partial charge is 0.332 e. The van der Waals surface area contributed by atoms with Gasteiger partial charge in [-0.3, -0.25) is 4.79 Å². The molecular weight excluding hydrogens is 310 g/mol. The lowest BCUT2D eigenvalue weighted by Gasteiger charge is -2.42. The molecule has 134 valence electrons. The van der Waals surface area contributed by atoms with Gasteiger partial charge in [0.2, 0.25) is 5.91 Å². The Morgan fingerprint density at radius 1 is 1.26 bits per heavy atom. The maximum Gasteiger partial charge on any atom is 0.332 e. The fourth-order valence-corrected chi connectivity index (χ4v) is 2.21. The first kappa shape index (κ1) is 19.8. The quantitative estimate of drug-likeness (QED) is 0.436.